The molecular weight excluding hydrogens is 444 g/mol. The van der Waals surface area contributed by atoms with E-state index in [1.807, 2.05) is 55.6 Å². The van der Waals surface area contributed by atoms with Gasteiger partial charge in [-0.25, -0.2) is 4.79 Å². The zero-order valence-corrected chi connectivity index (χ0v) is 20.0. The third-order valence-electron chi connectivity index (χ3n) is 5.33. The van der Waals surface area contributed by atoms with Gasteiger partial charge >= 0.3 is 6.03 Å². The van der Waals surface area contributed by atoms with Crippen LogP contribution < -0.4 is 5.32 Å². The number of carbonyl (C=O) groups is 1. The van der Waals surface area contributed by atoms with Crippen LogP contribution in [0.5, 0.6) is 0 Å². The lowest BCUT2D eigenvalue weighted by atomic mass is 9.94. The maximum absolute atomic E-state index is 13.0. The SMILES string of the molecule is CSc1ccc(-c2noc(C3=C(C)N(CC(C)C)C(=O)NC3c3cccc(Cl)c3)n2)cc1. The second-order valence-electron chi connectivity index (χ2n) is 8.09. The lowest BCUT2D eigenvalue weighted by Gasteiger charge is -2.36. The standard InChI is InChI=1S/C24H25ClN4O2S/c1-14(2)13-29-15(3)20(21(26-24(29)30)17-6-5-7-18(25)12-17)23-27-22(28-31-23)16-8-10-19(32-4)11-9-16/h5-12,14,21H,13H2,1-4H3,(H,26,30). The summed E-state index contributed by atoms with van der Waals surface area (Å²) in [5.74, 6) is 1.18. The van der Waals surface area contributed by atoms with Crippen molar-refractivity contribution >= 4 is 35.0 Å². The van der Waals surface area contributed by atoms with Crippen LogP contribution in [0.15, 0.2) is 63.6 Å². The Morgan fingerprint density at radius 3 is 2.62 bits per heavy atom. The molecule has 3 aromatic rings. The maximum Gasteiger partial charge on any atom is 0.322 e. The van der Waals surface area contributed by atoms with Gasteiger partial charge < -0.3 is 9.84 Å². The first-order chi connectivity index (χ1) is 15.4. The predicted octanol–water partition coefficient (Wildman–Crippen LogP) is 6.27. The Morgan fingerprint density at radius 2 is 1.97 bits per heavy atom. The van der Waals surface area contributed by atoms with Crippen LogP contribution in [0, 0.1) is 5.92 Å². The highest BCUT2D eigenvalue weighted by Crippen LogP contribution is 2.38. The smallest absolute Gasteiger partial charge is 0.322 e. The molecule has 2 heterocycles. The highest BCUT2D eigenvalue weighted by Gasteiger charge is 2.36. The number of nitrogens with one attached hydrogen (secondary N) is 1. The third kappa shape index (κ3) is 4.54. The minimum Gasteiger partial charge on any atom is -0.334 e. The number of benzene rings is 2. The lowest BCUT2D eigenvalue weighted by molar-refractivity contribution is 0.199. The molecule has 32 heavy (non-hydrogen) atoms. The zero-order valence-electron chi connectivity index (χ0n) is 18.4. The quantitative estimate of drug-likeness (QED) is 0.432. The molecule has 0 radical (unpaired) electrons. The van der Waals surface area contributed by atoms with E-state index >= 15 is 0 Å². The van der Waals surface area contributed by atoms with Gasteiger partial charge in [-0.3, -0.25) is 4.90 Å². The number of hydrogen-bond acceptors (Lipinski definition) is 5. The van der Waals surface area contributed by atoms with Crippen molar-refractivity contribution in [2.24, 2.45) is 5.92 Å². The summed E-state index contributed by atoms with van der Waals surface area (Å²) in [6, 6.07) is 14.9. The molecule has 6 nitrogen and oxygen atoms in total. The van der Waals surface area contributed by atoms with Crippen molar-refractivity contribution in [2.75, 3.05) is 12.8 Å². The number of aromatic nitrogens is 2. The summed E-state index contributed by atoms with van der Waals surface area (Å²) in [6.45, 7) is 6.66. The van der Waals surface area contributed by atoms with Crippen LogP contribution in [-0.4, -0.2) is 33.9 Å². The number of allylic oxidation sites excluding steroid dienone is 1. The number of nitrogens with zero attached hydrogens (tertiary/aromatic N) is 3. The highest BCUT2D eigenvalue weighted by molar-refractivity contribution is 7.98. The molecule has 0 aliphatic carbocycles. The molecule has 1 atom stereocenters. The molecule has 1 aliphatic rings. The summed E-state index contributed by atoms with van der Waals surface area (Å²) in [6.07, 6.45) is 2.03. The number of carbonyl (C=O) groups excluding carboxylic acids is 1. The molecule has 0 saturated heterocycles. The van der Waals surface area contributed by atoms with Gasteiger partial charge in [0.05, 0.1) is 11.6 Å². The monoisotopic (exact) mass is 468 g/mol. The molecule has 2 amide bonds. The van der Waals surface area contributed by atoms with E-state index in [2.05, 4.69) is 24.3 Å². The van der Waals surface area contributed by atoms with Gasteiger partial charge in [0, 0.05) is 27.7 Å². The summed E-state index contributed by atoms with van der Waals surface area (Å²) in [5, 5.41) is 7.91. The Labute approximate surface area is 197 Å². The Bertz CT molecular complexity index is 1160. The van der Waals surface area contributed by atoms with Crippen LogP contribution in [-0.2, 0) is 0 Å². The van der Waals surface area contributed by atoms with Crippen LogP contribution in [0.25, 0.3) is 17.0 Å². The fourth-order valence-corrected chi connectivity index (χ4v) is 4.38. The third-order valence-corrected chi connectivity index (χ3v) is 6.31. The van der Waals surface area contributed by atoms with Gasteiger partial charge in [0.2, 0.25) is 5.82 Å². The van der Waals surface area contributed by atoms with Crippen molar-refractivity contribution in [1.29, 1.82) is 0 Å². The fraction of sp³-hybridized carbons (Fsp3) is 0.292. The minimum atomic E-state index is -0.447. The first-order valence-corrected chi connectivity index (χ1v) is 12.0. The van der Waals surface area contributed by atoms with Gasteiger partial charge in [-0.2, -0.15) is 4.98 Å². The van der Waals surface area contributed by atoms with Gasteiger partial charge in [-0.1, -0.05) is 42.7 Å². The number of thioether (sulfide) groups is 1. The normalized spacial score (nSPS) is 16.6. The molecule has 0 bridgehead atoms. The molecule has 1 aliphatic heterocycles. The molecule has 1 aromatic heterocycles. The molecule has 8 heteroatoms. The topological polar surface area (TPSA) is 71.3 Å². The fourth-order valence-electron chi connectivity index (χ4n) is 3.77. The lowest BCUT2D eigenvalue weighted by Crippen LogP contribution is -2.47. The van der Waals surface area contributed by atoms with Crippen LogP contribution in [0.3, 0.4) is 0 Å². The molecular formula is C24H25ClN4O2S. The van der Waals surface area contributed by atoms with Crippen molar-refractivity contribution < 1.29 is 9.32 Å². The van der Waals surface area contributed by atoms with E-state index in [1.165, 1.54) is 0 Å². The van der Waals surface area contributed by atoms with E-state index in [0.29, 0.717) is 29.2 Å². The molecule has 0 fully saturated rings. The van der Waals surface area contributed by atoms with Gasteiger partial charge in [0.1, 0.15) is 0 Å². The van der Waals surface area contributed by atoms with E-state index in [0.717, 1.165) is 27.3 Å². The second-order valence-corrected chi connectivity index (χ2v) is 9.41. The minimum absolute atomic E-state index is 0.155. The zero-order chi connectivity index (χ0) is 22.8. The van der Waals surface area contributed by atoms with Crippen LogP contribution in [0.4, 0.5) is 4.79 Å². The number of urea groups is 1. The molecule has 0 saturated carbocycles. The Balaban J connectivity index is 1.79. The first-order valence-electron chi connectivity index (χ1n) is 10.4. The van der Waals surface area contributed by atoms with E-state index in [-0.39, 0.29) is 6.03 Å². The molecule has 1 N–H and O–H groups in total. The van der Waals surface area contributed by atoms with Crippen molar-refractivity contribution in [3.05, 3.63) is 70.7 Å². The summed E-state index contributed by atoms with van der Waals surface area (Å²) < 4.78 is 5.72. The second kappa shape index (κ2) is 9.38. The van der Waals surface area contributed by atoms with Crippen LogP contribution in [0.1, 0.15) is 38.3 Å². The first kappa shape index (κ1) is 22.4. The number of rotatable bonds is 6. The van der Waals surface area contributed by atoms with Crippen molar-refractivity contribution in [2.45, 2.75) is 31.7 Å². The molecule has 0 spiro atoms. The maximum atomic E-state index is 13.0. The van der Waals surface area contributed by atoms with Gasteiger partial charge in [-0.15, -0.1) is 11.8 Å². The largest absolute Gasteiger partial charge is 0.334 e. The number of amides is 2. The van der Waals surface area contributed by atoms with E-state index < -0.39 is 6.04 Å². The summed E-state index contributed by atoms with van der Waals surface area (Å²) in [4.78, 5) is 20.5. The molecule has 166 valence electrons. The predicted molar refractivity (Wildman–Crippen MR) is 128 cm³/mol. The van der Waals surface area contributed by atoms with E-state index in [4.69, 9.17) is 21.1 Å². The molecule has 4 rings (SSSR count). The summed E-state index contributed by atoms with van der Waals surface area (Å²) in [5.41, 5.74) is 3.29. The van der Waals surface area contributed by atoms with Gasteiger partial charge in [0.15, 0.2) is 0 Å². The summed E-state index contributed by atoms with van der Waals surface area (Å²) >= 11 is 7.92. The highest BCUT2D eigenvalue weighted by atomic mass is 35.5. The van der Waals surface area contributed by atoms with Crippen molar-refractivity contribution in [1.82, 2.24) is 20.4 Å². The Kier molecular flexibility index (Phi) is 6.58. The van der Waals surface area contributed by atoms with Crippen molar-refractivity contribution in [3.8, 4) is 11.4 Å². The van der Waals surface area contributed by atoms with E-state index in [9.17, 15) is 4.79 Å². The number of hydrogen-bond donors (Lipinski definition) is 1. The summed E-state index contributed by atoms with van der Waals surface area (Å²) in [7, 11) is 0. The Morgan fingerprint density at radius 1 is 1.22 bits per heavy atom. The molecule has 2 aromatic carbocycles. The average Bonchev–Trinajstić information content (AvgIpc) is 3.26. The Hall–Kier alpha value is -2.77. The van der Waals surface area contributed by atoms with Crippen LogP contribution >= 0.6 is 23.4 Å². The average molecular weight is 469 g/mol. The van der Waals surface area contributed by atoms with Crippen LogP contribution in [0.2, 0.25) is 5.02 Å². The molecule has 1 unspecified atom stereocenters. The van der Waals surface area contributed by atoms with Gasteiger partial charge in [0.25, 0.3) is 5.89 Å². The number of halogens is 1. The van der Waals surface area contributed by atoms with E-state index in [1.54, 1.807) is 22.7 Å². The van der Waals surface area contributed by atoms with Gasteiger partial charge in [-0.05, 0) is 61.1 Å². The van der Waals surface area contributed by atoms with Crippen molar-refractivity contribution in [3.63, 3.8) is 0 Å².